The smallest absolute Gasteiger partial charge is 0.153 e. The molecule has 1 heterocycles. The monoisotopic (exact) mass is 406 g/mol. The Bertz CT molecular complexity index is 489. The number of aryl methyl sites for hydroxylation is 1. The van der Waals surface area contributed by atoms with Crippen LogP contribution in [0, 0.1) is 3.57 Å². The third-order valence-electron chi connectivity index (χ3n) is 2.59. The van der Waals surface area contributed by atoms with E-state index in [9.17, 15) is 0 Å². The highest BCUT2D eigenvalue weighted by Crippen LogP contribution is 2.26. The molecular formula is C11H12BrIN4. The average Bonchev–Trinajstić information content (AvgIpc) is 2.64. The molecule has 0 amide bonds. The molecule has 0 fully saturated rings. The first-order valence-corrected chi connectivity index (χ1v) is 6.98. The number of nitrogens with zero attached hydrogens (tertiary/aromatic N) is 3. The van der Waals surface area contributed by atoms with Crippen LogP contribution in [-0.2, 0) is 7.05 Å². The van der Waals surface area contributed by atoms with Crippen molar-refractivity contribution in [3.05, 3.63) is 43.7 Å². The maximum absolute atomic E-state index is 4.02. The molecule has 1 unspecified atom stereocenters. The molecule has 4 nitrogen and oxygen atoms in total. The first-order valence-electron chi connectivity index (χ1n) is 5.11. The molecule has 1 aromatic carbocycles. The molecule has 1 atom stereocenters. The highest BCUT2D eigenvalue weighted by molar-refractivity contribution is 14.1. The number of hydrogen-bond acceptors (Lipinski definition) is 3. The zero-order chi connectivity index (χ0) is 12.4. The van der Waals surface area contributed by atoms with E-state index in [1.165, 1.54) is 9.13 Å². The molecule has 1 N–H and O–H groups in total. The van der Waals surface area contributed by atoms with Gasteiger partial charge in [-0.05, 0) is 63.3 Å². The second kappa shape index (κ2) is 5.45. The topological polar surface area (TPSA) is 42.7 Å². The van der Waals surface area contributed by atoms with Crippen LogP contribution in [0.2, 0.25) is 0 Å². The van der Waals surface area contributed by atoms with E-state index in [1.54, 1.807) is 4.68 Å². The van der Waals surface area contributed by atoms with Gasteiger partial charge in [0.1, 0.15) is 0 Å². The predicted molar refractivity (Wildman–Crippen MR) is 78.8 cm³/mol. The summed E-state index contributed by atoms with van der Waals surface area (Å²) in [5, 5.41) is 11.3. The van der Waals surface area contributed by atoms with Crippen LogP contribution in [-0.4, -0.2) is 22.0 Å². The van der Waals surface area contributed by atoms with Crippen LogP contribution in [0.1, 0.15) is 17.3 Å². The Morgan fingerprint density at radius 2 is 2.00 bits per heavy atom. The molecule has 0 spiro atoms. The normalized spacial score (nSPS) is 12.7. The van der Waals surface area contributed by atoms with Crippen LogP contribution in [0.3, 0.4) is 0 Å². The zero-order valence-electron chi connectivity index (χ0n) is 9.48. The van der Waals surface area contributed by atoms with Gasteiger partial charge in [-0.25, -0.2) is 4.68 Å². The third kappa shape index (κ3) is 2.69. The third-order valence-corrected chi connectivity index (χ3v) is 3.88. The maximum Gasteiger partial charge on any atom is 0.153 e. The molecule has 0 saturated heterocycles. The van der Waals surface area contributed by atoms with E-state index >= 15 is 0 Å². The van der Waals surface area contributed by atoms with Gasteiger partial charge in [-0.1, -0.05) is 17.3 Å². The quantitative estimate of drug-likeness (QED) is 0.796. The molecule has 0 aliphatic heterocycles. The summed E-state index contributed by atoms with van der Waals surface area (Å²) < 4.78 is 3.78. The van der Waals surface area contributed by atoms with E-state index in [2.05, 4.69) is 78.4 Å². The summed E-state index contributed by atoms with van der Waals surface area (Å²) in [6.07, 6.45) is 0. The Labute approximate surface area is 122 Å². The molecule has 0 aliphatic rings. The standard InChI is InChI=1S/C11H12BrIN4/c1-14-9(7-3-5-8(13)6-4-7)10-11(12)15-16-17(10)2/h3-6,9,14H,1-2H3. The van der Waals surface area contributed by atoms with E-state index in [0.717, 1.165) is 10.3 Å². The average molecular weight is 407 g/mol. The lowest BCUT2D eigenvalue weighted by molar-refractivity contribution is 0.597. The number of nitrogens with one attached hydrogen (secondary N) is 1. The Morgan fingerprint density at radius 3 is 2.47 bits per heavy atom. The second-order valence-electron chi connectivity index (χ2n) is 3.66. The van der Waals surface area contributed by atoms with Gasteiger partial charge in [0.25, 0.3) is 0 Å². The van der Waals surface area contributed by atoms with Crippen LogP contribution in [0.15, 0.2) is 28.9 Å². The van der Waals surface area contributed by atoms with Crippen LogP contribution < -0.4 is 5.32 Å². The molecule has 0 saturated carbocycles. The van der Waals surface area contributed by atoms with Gasteiger partial charge in [-0.15, -0.1) is 5.10 Å². The van der Waals surface area contributed by atoms with E-state index in [-0.39, 0.29) is 6.04 Å². The van der Waals surface area contributed by atoms with Crippen LogP contribution >= 0.6 is 38.5 Å². The summed E-state index contributed by atoms with van der Waals surface area (Å²) in [7, 11) is 3.83. The van der Waals surface area contributed by atoms with Gasteiger partial charge in [-0.2, -0.15) is 0 Å². The molecule has 0 aliphatic carbocycles. The van der Waals surface area contributed by atoms with E-state index in [1.807, 2.05) is 14.1 Å². The number of benzene rings is 1. The van der Waals surface area contributed by atoms with E-state index in [4.69, 9.17) is 0 Å². The van der Waals surface area contributed by atoms with Gasteiger partial charge in [0.2, 0.25) is 0 Å². The number of rotatable bonds is 3. The van der Waals surface area contributed by atoms with Crippen molar-refractivity contribution in [3.8, 4) is 0 Å². The Balaban J connectivity index is 2.43. The van der Waals surface area contributed by atoms with Gasteiger partial charge >= 0.3 is 0 Å². The highest BCUT2D eigenvalue weighted by Gasteiger charge is 2.20. The zero-order valence-corrected chi connectivity index (χ0v) is 13.2. The van der Waals surface area contributed by atoms with E-state index in [0.29, 0.717) is 0 Å². The second-order valence-corrected chi connectivity index (χ2v) is 5.66. The Kier molecular flexibility index (Phi) is 4.16. The van der Waals surface area contributed by atoms with Crippen LogP contribution in [0.5, 0.6) is 0 Å². The summed E-state index contributed by atoms with van der Waals surface area (Å²) in [6, 6.07) is 8.50. The Morgan fingerprint density at radius 1 is 1.35 bits per heavy atom. The van der Waals surface area contributed by atoms with Crippen molar-refractivity contribution in [1.29, 1.82) is 0 Å². The minimum Gasteiger partial charge on any atom is -0.308 e. The lowest BCUT2D eigenvalue weighted by atomic mass is 10.0. The van der Waals surface area contributed by atoms with Crippen molar-refractivity contribution in [2.75, 3.05) is 7.05 Å². The van der Waals surface area contributed by atoms with Gasteiger partial charge in [0.05, 0.1) is 11.7 Å². The first-order chi connectivity index (χ1) is 8.13. The fraction of sp³-hybridized carbons (Fsp3) is 0.273. The molecule has 1 aromatic heterocycles. The summed E-state index contributed by atoms with van der Waals surface area (Å²) >= 11 is 5.73. The number of hydrogen-bond donors (Lipinski definition) is 1. The molecule has 6 heteroatoms. The Hall–Kier alpha value is -0.470. The minimum atomic E-state index is 0.0846. The van der Waals surface area contributed by atoms with E-state index < -0.39 is 0 Å². The molecule has 2 rings (SSSR count). The summed E-state index contributed by atoms with van der Waals surface area (Å²) in [5.41, 5.74) is 2.22. The molecule has 17 heavy (non-hydrogen) atoms. The van der Waals surface area contributed by atoms with Gasteiger partial charge in [-0.3, -0.25) is 0 Å². The lowest BCUT2D eigenvalue weighted by Gasteiger charge is -2.17. The molecule has 0 bridgehead atoms. The van der Waals surface area contributed by atoms with Crippen molar-refractivity contribution in [3.63, 3.8) is 0 Å². The predicted octanol–water partition coefficient (Wildman–Crippen LogP) is 2.49. The molecule has 2 aromatic rings. The van der Waals surface area contributed by atoms with Gasteiger partial charge in [0.15, 0.2) is 4.60 Å². The van der Waals surface area contributed by atoms with Crippen molar-refractivity contribution in [1.82, 2.24) is 20.3 Å². The summed E-state index contributed by atoms with van der Waals surface area (Å²) in [4.78, 5) is 0. The maximum atomic E-state index is 4.02. The van der Waals surface area contributed by atoms with Crippen molar-refractivity contribution in [2.45, 2.75) is 6.04 Å². The van der Waals surface area contributed by atoms with Crippen molar-refractivity contribution >= 4 is 38.5 Å². The largest absolute Gasteiger partial charge is 0.308 e. The van der Waals surface area contributed by atoms with Crippen LogP contribution in [0.25, 0.3) is 0 Å². The molecule has 0 radical (unpaired) electrons. The van der Waals surface area contributed by atoms with Gasteiger partial charge in [0, 0.05) is 10.6 Å². The fourth-order valence-corrected chi connectivity index (χ4v) is 2.68. The fourth-order valence-electron chi connectivity index (χ4n) is 1.76. The summed E-state index contributed by atoms with van der Waals surface area (Å²) in [5.74, 6) is 0. The molecule has 90 valence electrons. The molecular weight excluding hydrogens is 395 g/mol. The van der Waals surface area contributed by atoms with Crippen molar-refractivity contribution < 1.29 is 0 Å². The summed E-state index contributed by atoms with van der Waals surface area (Å²) in [6.45, 7) is 0. The van der Waals surface area contributed by atoms with Crippen molar-refractivity contribution in [2.24, 2.45) is 7.05 Å². The SMILES string of the molecule is CNC(c1ccc(I)cc1)c1c(Br)nnn1C. The lowest BCUT2D eigenvalue weighted by Crippen LogP contribution is -2.21. The first kappa shape index (κ1) is 13.0. The van der Waals surface area contributed by atoms with Gasteiger partial charge < -0.3 is 5.32 Å². The number of aromatic nitrogens is 3. The van der Waals surface area contributed by atoms with Crippen LogP contribution in [0.4, 0.5) is 0 Å². The number of halogens is 2. The minimum absolute atomic E-state index is 0.0846. The highest BCUT2D eigenvalue weighted by atomic mass is 127.